The minimum absolute atomic E-state index is 0.0670. The Hall–Kier alpha value is -2.69. The molecule has 0 bridgehead atoms. The molecule has 0 heterocycles. The number of hydrogen-bond acceptors (Lipinski definition) is 2. The van der Waals surface area contributed by atoms with Crippen molar-refractivity contribution in [2.45, 2.75) is 32.6 Å². The monoisotopic (exact) mass is 368 g/mol. The molecule has 1 aliphatic carbocycles. The molecule has 3 rings (SSSR count). The lowest BCUT2D eigenvalue weighted by Crippen LogP contribution is -2.39. The van der Waals surface area contributed by atoms with Gasteiger partial charge in [-0.3, -0.25) is 9.59 Å². The number of carbonyl (C=O) groups is 2. The Balaban J connectivity index is 1.57. The Labute approximate surface area is 159 Å². The van der Waals surface area contributed by atoms with Crippen LogP contribution in [-0.4, -0.2) is 18.4 Å². The lowest BCUT2D eigenvalue weighted by atomic mass is 9.80. The molecule has 2 aromatic rings. The molecular formula is C22H25FN2O2. The summed E-state index contributed by atoms with van der Waals surface area (Å²) in [5.74, 6) is -0.725. The molecule has 142 valence electrons. The van der Waals surface area contributed by atoms with E-state index in [9.17, 15) is 14.0 Å². The molecular weight excluding hydrogens is 343 g/mol. The van der Waals surface area contributed by atoms with E-state index in [-0.39, 0.29) is 29.3 Å². The Morgan fingerprint density at radius 3 is 2.19 bits per heavy atom. The first kappa shape index (κ1) is 19.1. The molecule has 2 aromatic carbocycles. The molecule has 0 saturated heterocycles. The van der Waals surface area contributed by atoms with Crippen LogP contribution in [-0.2, 0) is 9.59 Å². The van der Waals surface area contributed by atoms with Gasteiger partial charge in [0.05, 0.1) is 5.69 Å². The summed E-state index contributed by atoms with van der Waals surface area (Å²) < 4.78 is 13.7. The molecule has 2 amide bonds. The maximum Gasteiger partial charge on any atom is 0.230 e. The van der Waals surface area contributed by atoms with Crippen molar-refractivity contribution in [1.29, 1.82) is 0 Å². The average molecular weight is 368 g/mol. The zero-order chi connectivity index (χ0) is 19.2. The second kappa shape index (κ2) is 8.80. The molecule has 1 aliphatic rings. The zero-order valence-electron chi connectivity index (χ0n) is 15.5. The quantitative estimate of drug-likeness (QED) is 0.837. The number of para-hydroxylation sites is 2. The molecule has 1 fully saturated rings. The van der Waals surface area contributed by atoms with Crippen LogP contribution in [0, 0.1) is 17.7 Å². The van der Waals surface area contributed by atoms with Gasteiger partial charge < -0.3 is 10.2 Å². The fourth-order valence-corrected chi connectivity index (χ4v) is 3.69. The number of anilines is 2. The van der Waals surface area contributed by atoms with Crippen molar-refractivity contribution < 1.29 is 14.0 Å². The summed E-state index contributed by atoms with van der Waals surface area (Å²) in [7, 11) is 0. The highest BCUT2D eigenvalue weighted by atomic mass is 19.1. The van der Waals surface area contributed by atoms with Gasteiger partial charge in [-0.2, -0.15) is 0 Å². The van der Waals surface area contributed by atoms with E-state index in [0.29, 0.717) is 32.2 Å². The van der Waals surface area contributed by atoms with Crippen molar-refractivity contribution in [3.8, 4) is 0 Å². The minimum Gasteiger partial charge on any atom is -0.323 e. The third-order valence-electron chi connectivity index (χ3n) is 5.23. The minimum atomic E-state index is -0.434. The number of amides is 2. The molecule has 27 heavy (non-hydrogen) atoms. The van der Waals surface area contributed by atoms with Gasteiger partial charge in [-0.15, -0.1) is 0 Å². The van der Waals surface area contributed by atoms with Crippen molar-refractivity contribution in [2.75, 3.05) is 16.8 Å². The van der Waals surface area contributed by atoms with Crippen molar-refractivity contribution in [3.05, 3.63) is 60.4 Å². The summed E-state index contributed by atoms with van der Waals surface area (Å²) in [5.41, 5.74) is 1.12. The highest BCUT2D eigenvalue weighted by Crippen LogP contribution is 2.32. The standard InChI is InChI=1S/C22H25FN2O2/c1-2-25(18-8-4-3-5-9-18)22(27)17-14-12-16(13-15-17)21(26)24-20-11-7-6-10-19(20)23/h3-11,16-17H,2,12-15H2,1H3,(H,24,26). The van der Waals surface area contributed by atoms with Crippen LogP contribution >= 0.6 is 0 Å². The molecule has 5 heteroatoms. The van der Waals surface area contributed by atoms with Crippen LogP contribution in [0.1, 0.15) is 32.6 Å². The van der Waals surface area contributed by atoms with Gasteiger partial charge in [0.1, 0.15) is 5.82 Å². The number of halogens is 1. The Kier molecular flexibility index (Phi) is 6.22. The maximum absolute atomic E-state index is 13.7. The van der Waals surface area contributed by atoms with E-state index in [1.54, 1.807) is 18.2 Å². The van der Waals surface area contributed by atoms with Gasteiger partial charge in [0.25, 0.3) is 0 Å². The smallest absolute Gasteiger partial charge is 0.230 e. The van der Waals surface area contributed by atoms with Crippen molar-refractivity contribution in [2.24, 2.45) is 11.8 Å². The second-order valence-corrected chi connectivity index (χ2v) is 6.94. The summed E-state index contributed by atoms with van der Waals surface area (Å²) in [4.78, 5) is 27.2. The predicted molar refractivity (Wildman–Crippen MR) is 105 cm³/mol. The Morgan fingerprint density at radius 2 is 1.56 bits per heavy atom. The normalized spacial score (nSPS) is 19.3. The van der Waals surface area contributed by atoms with Crippen molar-refractivity contribution in [1.82, 2.24) is 0 Å². The molecule has 0 aromatic heterocycles. The van der Waals surface area contributed by atoms with E-state index in [1.165, 1.54) is 6.07 Å². The van der Waals surface area contributed by atoms with Crippen LogP contribution in [0.2, 0.25) is 0 Å². The first-order valence-corrected chi connectivity index (χ1v) is 9.52. The van der Waals surface area contributed by atoms with Gasteiger partial charge in [0.2, 0.25) is 11.8 Å². The number of rotatable bonds is 5. The average Bonchev–Trinajstić information content (AvgIpc) is 2.71. The lowest BCUT2D eigenvalue weighted by molar-refractivity contribution is -0.126. The van der Waals surface area contributed by atoms with Gasteiger partial charge in [0.15, 0.2) is 0 Å². The molecule has 4 nitrogen and oxygen atoms in total. The van der Waals surface area contributed by atoms with Gasteiger partial charge in [-0.25, -0.2) is 4.39 Å². The van der Waals surface area contributed by atoms with Gasteiger partial charge in [0, 0.05) is 24.1 Å². The fraction of sp³-hybridized carbons (Fsp3) is 0.364. The van der Waals surface area contributed by atoms with Gasteiger partial charge in [-0.1, -0.05) is 30.3 Å². The fourth-order valence-electron chi connectivity index (χ4n) is 3.69. The molecule has 0 radical (unpaired) electrons. The van der Waals surface area contributed by atoms with E-state index in [2.05, 4.69) is 5.32 Å². The number of nitrogens with zero attached hydrogens (tertiary/aromatic N) is 1. The third-order valence-corrected chi connectivity index (χ3v) is 5.23. The second-order valence-electron chi connectivity index (χ2n) is 6.94. The highest BCUT2D eigenvalue weighted by Gasteiger charge is 2.32. The number of benzene rings is 2. The molecule has 0 aliphatic heterocycles. The summed E-state index contributed by atoms with van der Waals surface area (Å²) in [6.07, 6.45) is 2.64. The Bertz CT molecular complexity index is 786. The first-order chi connectivity index (χ1) is 13.1. The number of carbonyl (C=O) groups excluding carboxylic acids is 2. The summed E-state index contributed by atoms with van der Waals surface area (Å²) >= 11 is 0. The zero-order valence-corrected chi connectivity index (χ0v) is 15.5. The molecule has 1 N–H and O–H groups in total. The maximum atomic E-state index is 13.7. The summed E-state index contributed by atoms with van der Waals surface area (Å²) in [5, 5.41) is 2.67. The van der Waals surface area contributed by atoms with Crippen LogP contribution in [0.25, 0.3) is 0 Å². The molecule has 0 unspecified atom stereocenters. The van der Waals surface area contributed by atoms with E-state index in [0.717, 1.165) is 5.69 Å². The SMILES string of the molecule is CCN(C(=O)C1CCC(C(=O)Nc2ccccc2F)CC1)c1ccccc1. The largest absolute Gasteiger partial charge is 0.323 e. The van der Waals surface area contributed by atoms with E-state index in [1.807, 2.05) is 42.2 Å². The van der Waals surface area contributed by atoms with Crippen LogP contribution in [0.5, 0.6) is 0 Å². The highest BCUT2D eigenvalue weighted by molar-refractivity contribution is 5.96. The van der Waals surface area contributed by atoms with E-state index in [4.69, 9.17) is 0 Å². The molecule has 0 spiro atoms. The number of nitrogens with one attached hydrogen (secondary N) is 1. The van der Waals surface area contributed by atoms with Crippen LogP contribution in [0.3, 0.4) is 0 Å². The molecule has 0 atom stereocenters. The van der Waals surface area contributed by atoms with Crippen molar-refractivity contribution >= 4 is 23.2 Å². The van der Waals surface area contributed by atoms with Crippen LogP contribution in [0.15, 0.2) is 54.6 Å². The predicted octanol–water partition coefficient (Wildman–Crippen LogP) is 4.62. The summed E-state index contributed by atoms with van der Waals surface area (Å²) in [6.45, 7) is 2.59. The first-order valence-electron chi connectivity index (χ1n) is 9.52. The number of hydrogen-bond donors (Lipinski definition) is 1. The van der Waals surface area contributed by atoms with Crippen molar-refractivity contribution in [3.63, 3.8) is 0 Å². The molecule has 1 saturated carbocycles. The van der Waals surface area contributed by atoms with Gasteiger partial charge >= 0.3 is 0 Å². The topological polar surface area (TPSA) is 49.4 Å². The lowest BCUT2D eigenvalue weighted by Gasteiger charge is -2.31. The van der Waals surface area contributed by atoms with Gasteiger partial charge in [-0.05, 0) is 56.9 Å². The third kappa shape index (κ3) is 4.54. The van der Waals surface area contributed by atoms with Crippen LogP contribution in [0.4, 0.5) is 15.8 Å². The summed E-state index contributed by atoms with van der Waals surface area (Å²) in [6, 6.07) is 15.8. The Morgan fingerprint density at radius 1 is 0.963 bits per heavy atom. The van der Waals surface area contributed by atoms with E-state index >= 15 is 0 Å². The van der Waals surface area contributed by atoms with E-state index < -0.39 is 5.82 Å². The van der Waals surface area contributed by atoms with Crippen LogP contribution < -0.4 is 10.2 Å².